The topological polar surface area (TPSA) is 74.7 Å². The molecule has 0 radical (unpaired) electrons. The lowest BCUT2D eigenvalue weighted by Gasteiger charge is -2.16. The number of aryl methyl sites for hydroxylation is 1. The highest BCUT2D eigenvalue weighted by molar-refractivity contribution is 7.89. The molecule has 1 aromatic carbocycles. The van der Waals surface area contributed by atoms with Crippen molar-refractivity contribution in [2.24, 2.45) is 5.92 Å². The third-order valence-electron chi connectivity index (χ3n) is 3.34. The number of rotatable bonds is 4. The van der Waals surface area contributed by atoms with Gasteiger partial charge in [-0.25, -0.2) is 8.42 Å². The maximum absolute atomic E-state index is 12.4. The van der Waals surface area contributed by atoms with Gasteiger partial charge in [-0.15, -0.1) is 0 Å². The molecule has 104 valence electrons. The molecule has 1 fully saturated rings. The summed E-state index contributed by atoms with van der Waals surface area (Å²) in [5.41, 5.74) is 0.891. The van der Waals surface area contributed by atoms with Crippen LogP contribution in [0.2, 0.25) is 0 Å². The molecular weight excluding hydrogens is 266 g/mol. The fourth-order valence-electron chi connectivity index (χ4n) is 2.35. The summed E-state index contributed by atoms with van der Waals surface area (Å²) in [4.78, 5) is 10.9. The summed E-state index contributed by atoms with van der Waals surface area (Å²) in [5, 5.41) is 8.75. The van der Waals surface area contributed by atoms with Gasteiger partial charge in [0.15, 0.2) is 0 Å². The summed E-state index contributed by atoms with van der Waals surface area (Å²) in [6.07, 6.45) is 0.636. The molecule has 6 heteroatoms. The number of carbonyl (C=O) groups is 1. The molecule has 1 saturated heterocycles. The fourth-order valence-corrected chi connectivity index (χ4v) is 3.99. The lowest BCUT2D eigenvalue weighted by atomic mass is 10.1. The van der Waals surface area contributed by atoms with Crippen LogP contribution in [0.15, 0.2) is 29.2 Å². The molecular formula is C13H17NO4S. The van der Waals surface area contributed by atoms with Crippen molar-refractivity contribution < 1.29 is 18.3 Å². The Labute approximate surface area is 112 Å². The maximum Gasteiger partial charge on any atom is 0.303 e. The molecule has 0 aromatic heterocycles. The molecule has 1 atom stereocenters. The molecule has 2 rings (SSSR count). The number of sulfonamides is 1. The van der Waals surface area contributed by atoms with Crippen LogP contribution in [0, 0.1) is 12.8 Å². The molecule has 0 amide bonds. The van der Waals surface area contributed by atoms with Crippen molar-refractivity contribution in [3.8, 4) is 0 Å². The van der Waals surface area contributed by atoms with Crippen LogP contribution in [-0.4, -0.2) is 36.9 Å². The van der Waals surface area contributed by atoms with Gasteiger partial charge in [-0.1, -0.05) is 12.1 Å². The second-order valence-corrected chi connectivity index (χ2v) is 6.87. The standard InChI is InChI=1S/C13H17NO4S/c1-10-3-2-4-12(7-10)19(17,18)14-6-5-11(9-14)8-13(15)16/h2-4,7,11H,5-6,8-9H2,1H3,(H,15,16). The molecule has 1 heterocycles. The van der Waals surface area contributed by atoms with E-state index in [2.05, 4.69) is 0 Å². The Kier molecular flexibility index (Phi) is 3.91. The second kappa shape index (κ2) is 5.30. The number of carboxylic acids is 1. The first-order valence-electron chi connectivity index (χ1n) is 6.18. The first kappa shape index (κ1) is 14.0. The first-order valence-corrected chi connectivity index (χ1v) is 7.62. The molecule has 0 spiro atoms. The Balaban J connectivity index is 2.16. The van der Waals surface area contributed by atoms with E-state index in [1.54, 1.807) is 18.2 Å². The van der Waals surface area contributed by atoms with Crippen LogP contribution in [0.1, 0.15) is 18.4 Å². The predicted octanol–water partition coefficient (Wildman–Crippen LogP) is 1.48. The summed E-state index contributed by atoms with van der Waals surface area (Å²) >= 11 is 0. The smallest absolute Gasteiger partial charge is 0.303 e. The fraction of sp³-hybridized carbons (Fsp3) is 0.462. The van der Waals surface area contributed by atoms with Crippen LogP contribution in [0.25, 0.3) is 0 Å². The molecule has 1 unspecified atom stereocenters. The zero-order valence-electron chi connectivity index (χ0n) is 10.7. The van der Waals surface area contributed by atoms with Gasteiger partial charge in [0.2, 0.25) is 10.0 Å². The Morgan fingerprint density at radius 1 is 1.47 bits per heavy atom. The Hall–Kier alpha value is -1.40. The van der Waals surface area contributed by atoms with Crippen LogP contribution in [0.4, 0.5) is 0 Å². The van der Waals surface area contributed by atoms with E-state index in [0.717, 1.165) is 5.56 Å². The summed E-state index contributed by atoms with van der Waals surface area (Å²) in [7, 11) is -3.49. The third-order valence-corrected chi connectivity index (χ3v) is 5.20. The van der Waals surface area contributed by atoms with Crippen molar-refractivity contribution in [1.82, 2.24) is 4.31 Å². The summed E-state index contributed by atoms with van der Waals surface area (Å²) in [6.45, 7) is 2.53. The van der Waals surface area contributed by atoms with E-state index < -0.39 is 16.0 Å². The third kappa shape index (κ3) is 3.13. The predicted molar refractivity (Wildman–Crippen MR) is 70.3 cm³/mol. The number of benzene rings is 1. The monoisotopic (exact) mass is 283 g/mol. The Bertz CT molecular complexity index is 582. The van der Waals surface area contributed by atoms with E-state index in [0.29, 0.717) is 19.5 Å². The first-order chi connectivity index (χ1) is 8.89. The highest BCUT2D eigenvalue weighted by atomic mass is 32.2. The molecule has 1 aliphatic heterocycles. The van der Waals surface area contributed by atoms with Gasteiger partial charge in [0.1, 0.15) is 0 Å². The van der Waals surface area contributed by atoms with E-state index in [-0.39, 0.29) is 17.2 Å². The SMILES string of the molecule is Cc1cccc(S(=O)(=O)N2CCC(CC(=O)O)C2)c1. The minimum absolute atomic E-state index is 0.0276. The average molecular weight is 283 g/mol. The molecule has 5 nitrogen and oxygen atoms in total. The Morgan fingerprint density at radius 3 is 2.84 bits per heavy atom. The number of nitrogens with zero attached hydrogens (tertiary/aromatic N) is 1. The van der Waals surface area contributed by atoms with Gasteiger partial charge in [0.25, 0.3) is 0 Å². The summed E-state index contributed by atoms with van der Waals surface area (Å²) in [6, 6.07) is 6.77. The second-order valence-electron chi connectivity index (χ2n) is 4.93. The van der Waals surface area contributed by atoms with Gasteiger partial charge in [-0.05, 0) is 37.0 Å². The minimum atomic E-state index is -3.49. The van der Waals surface area contributed by atoms with Gasteiger partial charge >= 0.3 is 5.97 Å². The zero-order valence-corrected chi connectivity index (χ0v) is 11.6. The highest BCUT2D eigenvalue weighted by Crippen LogP contribution is 2.26. The van der Waals surface area contributed by atoms with Crippen molar-refractivity contribution in [2.45, 2.75) is 24.7 Å². The largest absolute Gasteiger partial charge is 0.481 e. The number of aliphatic carboxylic acids is 1. The van der Waals surface area contributed by atoms with Crippen LogP contribution in [0.5, 0.6) is 0 Å². The van der Waals surface area contributed by atoms with Crippen LogP contribution in [-0.2, 0) is 14.8 Å². The van der Waals surface area contributed by atoms with E-state index >= 15 is 0 Å². The lowest BCUT2D eigenvalue weighted by Crippen LogP contribution is -2.29. The minimum Gasteiger partial charge on any atom is -0.481 e. The lowest BCUT2D eigenvalue weighted by molar-refractivity contribution is -0.137. The van der Waals surface area contributed by atoms with Crippen LogP contribution < -0.4 is 0 Å². The van der Waals surface area contributed by atoms with Crippen LogP contribution >= 0.6 is 0 Å². The van der Waals surface area contributed by atoms with E-state index in [9.17, 15) is 13.2 Å². The van der Waals surface area contributed by atoms with Crippen molar-refractivity contribution in [2.75, 3.05) is 13.1 Å². The van der Waals surface area contributed by atoms with Crippen LogP contribution in [0.3, 0.4) is 0 Å². The van der Waals surface area contributed by atoms with Gasteiger partial charge < -0.3 is 5.11 Å². The molecule has 0 saturated carbocycles. The molecule has 19 heavy (non-hydrogen) atoms. The number of hydrogen-bond donors (Lipinski definition) is 1. The quantitative estimate of drug-likeness (QED) is 0.908. The number of hydrogen-bond acceptors (Lipinski definition) is 3. The average Bonchev–Trinajstić information content (AvgIpc) is 2.77. The van der Waals surface area contributed by atoms with Gasteiger partial charge in [0.05, 0.1) is 4.90 Å². The molecule has 0 aliphatic carbocycles. The molecule has 0 bridgehead atoms. The highest BCUT2D eigenvalue weighted by Gasteiger charge is 2.33. The molecule has 1 aromatic rings. The van der Waals surface area contributed by atoms with E-state index in [1.807, 2.05) is 13.0 Å². The van der Waals surface area contributed by atoms with Crippen molar-refractivity contribution >= 4 is 16.0 Å². The molecule has 1 N–H and O–H groups in total. The summed E-state index contributed by atoms with van der Waals surface area (Å²) in [5.74, 6) is -0.961. The Morgan fingerprint density at radius 2 is 2.21 bits per heavy atom. The maximum atomic E-state index is 12.4. The normalized spacial score (nSPS) is 20.6. The van der Waals surface area contributed by atoms with Crippen molar-refractivity contribution in [3.63, 3.8) is 0 Å². The van der Waals surface area contributed by atoms with Crippen molar-refractivity contribution in [3.05, 3.63) is 29.8 Å². The molecule has 1 aliphatic rings. The van der Waals surface area contributed by atoms with Crippen molar-refractivity contribution in [1.29, 1.82) is 0 Å². The number of carboxylic acid groups (broad SMARTS) is 1. The van der Waals surface area contributed by atoms with Gasteiger partial charge in [-0.2, -0.15) is 4.31 Å². The zero-order chi connectivity index (χ0) is 14.0. The van der Waals surface area contributed by atoms with E-state index in [1.165, 1.54) is 4.31 Å². The van der Waals surface area contributed by atoms with Gasteiger partial charge in [-0.3, -0.25) is 4.79 Å². The van der Waals surface area contributed by atoms with E-state index in [4.69, 9.17) is 5.11 Å². The van der Waals surface area contributed by atoms with Gasteiger partial charge in [0, 0.05) is 19.5 Å². The summed E-state index contributed by atoms with van der Waals surface area (Å²) < 4.78 is 26.2.